The lowest BCUT2D eigenvalue weighted by atomic mass is 10.1. The molecule has 0 aromatic heterocycles. The molecule has 3 aromatic rings. The summed E-state index contributed by atoms with van der Waals surface area (Å²) in [5, 5.41) is 2.87. The van der Waals surface area contributed by atoms with E-state index in [1.54, 1.807) is 68.5 Å². The summed E-state index contributed by atoms with van der Waals surface area (Å²) in [4.78, 5) is 41.6. The molecule has 0 aliphatic carbocycles. The molecule has 0 saturated carbocycles. The van der Waals surface area contributed by atoms with Crippen LogP contribution in [0.25, 0.3) is 0 Å². The first-order valence-electron chi connectivity index (χ1n) is 14.8. The molecule has 0 bridgehead atoms. The van der Waals surface area contributed by atoms with Crippen molar-refractivity contribution in [3.05, 3.63) is 77.4 Å². The van der Waals surface area contributed by atoms with Gasteiger partial charge in [0.2, 0.25) is 5.91 Å². The summed E-state index contributed by atoms with van der Waals surface area (Å²) in [6.07, 6.45) is 3.64. The van der Waals surface area contributed by atoms with Gasteiger partial charge >= 0.3 is 0 Å². The van der Waals surface area contributed by atoms with Gasteiger partial charge in [0.15, 0.2) is 0 Å². The molecule has 0 aliphatic heterocycles. The number of carbonyl (C=O) groups is 3. The quantitative estimate of drug-likeness (QED) is 0.213. The van der Waals surface area contributed by atoms with Crippen molar-refractivity contribution in [3.8, 4) is 17.2 Å². The normalized spacial score (nSPS) is 10.6. The van der Waals surface area contributed by atoms with Gasteiger partial charge in [0.05, 0.1) is 37.3 Å². The van der Waals surface area contributed by atoms with Crippen LogP contribution in [0.5, 0.6) is 17.2 Å². The minimum atomic E-state index is -0.367. The highest BCUT2D eigenvalue weighted by Gasteiger charge is 2.21. The van der Waals surface area contributed by atoms with E-state index >= 15 is 0 Å². The zero-order chi connectivity index (χ0) is 32.1. The molecule has 3 amide bonds. The van der Waals surface area contributed by atoms with E-state index in [0.717, 1.165) is 24.8 Å². The number of hydrogen-bond acceptors (Lipinski definition) is 7. The minimum Gasteiger partial charge on any atom is -0.495 e. The van der Waals surface area contributed by atoms with Crippen molar-refractivity contribution in [2.75, 3.05) is 58.2 Å². The third-order valence-corrected chi connectivity index (χ3v) is 7.01. The molecule has 0 aliphatic rings. The Balaban J connectivity index is 1.69. The number of nitrogens with two attached hydrogens (primary N) is 1. The van der Waals surface area contributed by atoms with E-state index < -0.39 is 0 Å². The lowest BCUT2D eigenvalue weighted by Crippen LogP contribution is -2.27. The van der Waals surface area contributed by atoms with E-state index in [4.69, 9.17) is 19.9 Å². The number of para-hydroxylation sites is 1. The Morgan fingerprint density at radius 3 is 2.27 bits per heavy atom. The summed E-state index contributed by atoms with van der Waals surface area (Å²) in [5.74, 6) is 0.888. The van der Waals surface area contributed by atoms with E-state index in [0.29, 0.717) is 72.4 Å². The molecule has 236 valence electrons. The Labute approximate surface area is 260 Å². The van der Waals surface area contributed by atoms with Crippen LogP contribution in [-0.4, -0.2) is 70.6 Å². The molecule has 44 heavy (non-hydrogen) atoms. The second kappa shape index (κ2) is 16.9. The molecule has 3 N–H and O–H groups in total. The highest BCUT2D eigenvalue weighted by Crippen LogP contribution is 2.32. The predicted octanol–water partition coefficient (Wildman–Crippen LogP) is 5.29. The third kappa shape index (κ3) is 9.47. The maximum Gasteiger partial charge on any atom is 0.259 e. The Kier molecular flexibility index (Phi) is 13.0. The number of nitrogens with one attached hydrogen (secondary N) is 1. The Bertz CT molecular complexity index is 1420. The SMILES string of the molecule is COc1cc(C(=O)N(C)c2ccc(C)cc2OCCCCCC(=O)N(C)C)ccc1NC(=O)c1ccccc1OCCCN. The number of ether oxygens (including phenoxy) is 3. The van der Waals surface area contributed by atoms with Crippen LogP contribution in [0.1, 0.15) is 58.4 Å². The van der Waals surface area contributed by atoms with Crippen molar-refractivity contribution in [2.24, 2.45) is 5.73 Å². The average molecular weight is 605 g/mol. The number of hydrogen-bond donors (Lipinski definition) is 2. The first kappa shape index (κ1) is 33.9. The van der Waals surface area contributed by atoms with Crippen molar-refractivity contribution < 1.29 is 28.6 Å². The number of anilines is 2. The monoisotopic (exact) mass is 604 g/mol. The van der Waals surface area contributed by atoms with Gasteiger partial charge < -0.3 is 35.1 Å². The number of unbranched alkanes of at least 4 members (excludes halogenated alkanes) is 2. The molecule has 0 saturated heterocycles. The predicted molar refractivity (Wildman–Crippen MR) is 173 cm³/mol. The topological polar surface area (TPSA) is 123 Å². The molecule has 0 atom stereocenters. The average Bonchev–Trinajstić information content (AvgIpc) is 3.02. The second-order valence-corrected chi connectivity index (χ2v) is 10.6. The van der Waals surface area contributed by atoms with Gasteiger partial charge in [-0.2, -0.15) is 0 Å². The Morgan fingerprint density at radius 1 is 0.818 bits per heavy atom. The van der Waals surface area contributed by atoms with Crippen molar-refractivity contribution >= 4 is 29.1 Å². The van der Waals surface area contributed by atoms with Crippen LogP contribution in [0, 0.1) is 6.92 Å². The summed E-state index contributed by atoms with van der Waals surface area (Å²) < 4.78 is 17.4. The zero-order valence-corrected chi connectivity index (χ0v) is 26.4. The van der Waals surface area contributed by atoms with Crippen LogP contribution in [0.4, 0.5) is 11.4 Å². The van der Waals surface area contributed by atoms with Gasteiger partial charge in [0.25, 0.3) is 11.8 Å². The van der Waals surface area contributed by atoms with Crippen LogP contribution in [-0.2, 0) is 4.79 Å². The van der Waals surface area contributed by atoms with Crippen molar-refractivity contribution in [1.82, 2.24) is 4.90 Å². The molecule has 10 heteroatoms. The standard InChI is InChI=1S/C34H44N4O6/c1-24-15-18-28(31(22-24)44-20-10-6-7-14-32(39)37(2)3)38(4)34(41)25-16-17-27(30(23-25)42-5)36-33(40)26-12-8-9-13-29(26)43-21-11-19-35/h8-9,12-13,15-18,22-23H,6-7,10-11,14,19-21,35H2,1-5H3,(H,36,40). The van der Waals surface area contributed by atoms with Gasteiger partial charge in [-0.05, 0) is 87.2 Å². The zero-order valence-electron chi connectivity index (χ0n) is 26.4. The van der Waals surface area contributed by atoms with Crippen LogP contribution in [0.3, 0.4) is 0 Å². The van der Waals surface area contributed by atoms with Crippen molar-refractivity contribution in [1.29, 1.82) is 0 Å². The molecule has 0 unspecified atom stereocenters. The molecule has 0 heterocycles. The van der Waals surface area contributed by atoms with Crippen LogP contribution in [0.15, 0.2) is 60.7 Å². The maximum absolute atomic E-state index is 13.6. The smallest absolute Gasteiger partial charge is 0.259 e. The van der Waals surface area contributed by atoms with E-state index in [-0.39, 0.29) is 17.7 Å². The van der Waals surface area contributed by atoms with Gasteiger partial charge in [-0.25, -0.2) is 0 Å². The Hall–Kier alpha value is -4.57. The summed E-state index contributed by atoms with van der Waals surface area (Å²) in [5.41, 5.74) is 8.37. The van der Waals surface area contributed by atoms with Crippen LogP contribution >= 0.6 is 0 Å². The van der Waals surface area contributed by atoms with Gasteiger partial charge in [-0.15, -0.1) is 0 Å². The fraction of sp³-hybridized carbons (Fsp3) is 0.382. The molecule has 10 nitrogen and oxygen atoms in total. The molecule has 0 radical (unpaired) electrons. The van der Waals surface area contributed by atoms with Gasteiger partial charge in [0, 0.05) is 33.1 Å². The number of methoxy groups -OCH3 is 1. The molecule has 3 aromatic carbocycles. The minimum absolute atomic E-state index is 0.119. The number of nitrogens with zero attached hydrogens (tertiary/aromatic N) is 2. The summed E-state index contributed by atoms with van der Waals surface area (Å²) in [6, 6.07) is 17.6. The first-order chi connectivity index (χ1) is 21.2. The maximum atomic E-state index is 13.6. The number of rotatable bonds is 16. The highest BCUT2D eigenvalue weighted by molar-refractivity contribution is 6.09. The summed E-state index contributed by atoms with van der Waals surface area (Å²) >= 11 is 0. The number of aryl methyl sites for hydroxylation is 1. The number of benzene rings is 3. The molecule has 0 spiro atoms. The van der Waals surface area contributed by atoms with Gasteiger partial charge in [-0.1, -0.05) is 18.2 Å². The summed E-state index contributed by atoms with van der Waals surface area (Å²) in [6.45, 7) is 3.33. The van der Waals surface area contributed by atoms with Crippen molar-refractivity contribution in [3.63, 3.8) is 0 Å². The van der Waals surface area contributed by atoms with Crippen LogP contribution in [0.2, 0.25) is 0 Å². The van der Waals surface area contributed by atoms with E-state index in [2.05, 4.69) is 5.32 Å². The fourth-order valence-corrected chi connectivity index (χ4v) is 4.44. The molecule has 0 fully saturated rings. The third-order valence-electron chi connectivity index (χ3n) is 7.01. The molecular formula is C34H44N4O6. The summed E-state index contributed by atoms with van der Waals surface area (Å²) in [7, 11) is 6.69. The van der Waals surface area contributed by atoms with E-state index in [1.807, 2.05) is 25.1 Å². The van der Waals surface area contributed by atoms with E-state index in [9.17, 15) is 14.4 Å². The largest absolute Gasteiger partial charge is 0.495 e. The van der Waals surface area contributed by atoms with E-state index in [1.165, 1.54) is 12.0 Å². The second-order valence-electron chi connectivity index (χ2n) is 10.6. The van der Waals surface area contributed by atoms with Crippen LogP contribution < -0.4 is 30.2 Å². The first-order valence-corrected chi connectivity index (χ1v) is 14.8. The molecular weight excluding hydrogens is 560 g/mol. The molecule has 3 rings (SSSR count). The fourth-order valence-electron chi connectivity index (χ4n) is 4.44. The number of amides is 3. The van der Waals surface area contributed by atoms with Gasteiger partial charge in [-0.3, -0.25) is 14.4 Å². The van der Waals surface area contributed by atoms with Gasteiger partial charge in [0.1, 0.15) is 17.2 Å². The Morgan fingerprint density at radius 2 is 1.55 bits per heavy atom. The van der Waals surface area contributed by atoms with Crippen molar-refractivity contribution in [2.45, 2.75) is 39.0 Å². The number of carbonyl (C=O) groups excluding carboxylic acids is 3. The lowest BCUT2D eigenvalue weighted by Gasteiger charge is -2.22. The highest BCUT2D eigenvalue weighted by atomic mass is 16.5. The lowest BCUT2D eigenvalue weighted by molar-refractivity contribution is -0.128.